The smallest absolute Gasteiger partial charge is 0.0685 e. The summed E-state index contributed by atoms with van der Waals surface area (Å²) in [6, 6.07) is 0. The molecule has 7 unspecified atom stereocenters. The van der Waals surface area contributed by atoms with Crippen LogP contribution in [0.3, 0.4) is 0 Å². The number of rotatable bonds is 3. The number of aliphatic hydroxyl groups excluding tert-OH is 2. The van der Waals surface area contributed by atoms with Crippen molar-refractivity contribution in [2.24, 2.45) is 28.6 Å². The highest BCUT2D eigenvalue weighted by Crippen LogP contribution is 2.70. The van der Waals surface area contributed by atoms with E-state index >= 15 is 0 Å². The van der Waals surface area contributed by atoms with Crippen molar-refractivity contribution in [3.63, 3.8) is 0 Å². The van der Waals surface area contributed by atoms with E-state index in [2.05, 4.69) is 6.92 Å². The van der Waals surface area contributed by atoms with Crippen molar-refractivity contribution in [1.29, 1.82) is 0 Å². The highest BCUT2D eigenvalue weighted by Gasteiger charge is 2.66. The normalized spacial score (nSPS) is 55.3. The number of hydrogen-bond acceptors (Lipinski definition) is 3. The molecule has 1 spiro atoms. The lowest BCUT2D eigenvalue weighted by atomic mass is 9.46. The van der Waals surface area contributed by atoms with Crippen molar-refractivity contribution < 1.29 is 15.3 Å². The largest absolute Gasteiger partial charge is 0.396 e. The average molecular weight is 322 g/mol. The minimum atomic E-state index is -0.510. The summed E-state index contributed by atoms with van der Waals surface area (Å²) in [4.78, 5) is 0. The first-order valence-corrected chi connectivity index (χ1v) is 9.91. The van der Waals surface area contributed by atoms with Gasteiger partial charge in [-0.1, -0.05) is 13.3 Å². The van der Waals surface area contributed by atoms with E-state index in [1.54, 1.807) is 0 Å². The average Bonchev–Trinajstić information content (AvgIpc) is 2.85. The van der Waals surface area contributed by atoms with Crippen LogP contribution >= 0.6 is 0 Å². The summed E-state index contributed by atoms with van der Waals surface area (Å²) >= 11 is 0. The molecule has 0 aromatic rings. The van der Waals surface area contributed by atoms with Crippen LogP contribution < -0.4 is 0 Å². The first-order chi connectivity index (χ1) is 10.9. The maximum Gasteiger partial charge on any atom is 0.0685 e. The maximum atomic E-state index is 11.4. The molecule has 3 heteroatoms. The summed E-state index contributed by atoms with van der Waals surface area (Å²) in [6.45, 7) is 2.59. The third-order valence-corrected chi connectivity index (χ3v) is 8.21. The summed E-state index contributed by atoms with van der Waals surface area (Å²) in [5.74, 6) is 1.38. The Kier molecular flexibility index (Phi) is 3.87. The Morgan fingerprint density at radius 1 is 1.09 bits per heavy atom. The lowest BCUT2D eigenvalue weighted by molar-refractivity contribution is -0.191. The molecule has 4 rings (SSSR count). The molecule has 7 atom stereocenters. The minimum Gasteiger partial charge on any atom is -0.396 e. The van der Waals surface area contributed by atoms with Gasteiger partial charge in [0.05, 0.1) is 11.7 Å². The van der Waals surface area contributed by atoms with Gasteiger partial charge in [-0.15, -0.1) is 0 Å². The molecule has 4 aliphatic carbocycles. The number of fused-ring (bicyclic) bond motifs is 5. The Morgan fingerprint density at radius 3 is 2.70 bits per heavy atom. The van der Waals surface area contributed by atoms with E-state index in [9.17, 15) is 10.2 Å². The minimum absolute atomic E-state index is 0.139. The van der Waals surface area contributed by atoms with Crippen LogP contribution in [0.5, 0.6) is 0 Å². The van der Waals surface area contributed by atoms with E-state index in [1.165, 1.54) is 19.3 Å². The third kappa shape index (κ3) is 2.49. The van der Waals surface area contributed by atoms with Gasteiger partial charge in [-0.25, -0.2) is 0 Å². The van der Waals surface area contributed by atoms with Gasteiger partial charge in [0, 0.05) is 6.61 Å². The third-order valence-electron chi connectivity index (χ3n) is 8.21. The molecule has 0 amide bonds. The topological polar surface area (TPSA) is 60.7 Å². The number of aliphatic hydroxyl groups is 3. The Bertz CT molecular complexity index is 466. The molecule has 132 valence electrons. The van der Waals surface area contributed by atoms with Crippen molar-refractivity contribution in [1.82, 2.24) is 0 Å². The van der Waals surface area contributed by atoms with Crippen LogP contribution in [0.25, 0.3) is 0 Å². The predicted octanol–water partition coefficient (Wildman–Crippen LogP) is 3.26. The summed E-state index contributed by atoms with van der Waals surface area (Å²) in [6.07, 6.45) is 11.7. The molecule has 23 heavy (non-hydrogen) atoms. The zero-order chi connectivity index (χ0) is 16.3. The molecule has 0 heterocycles. The van der Waals surface area contributed by atoms with Gasteiger partial charge >= 0.3 is 0 Å². The molecule has 0 radical (unpaired) electrons. The van der Waals surface area contributed by atoms with Crippen molar-refractivity contribution in [2.75, 3.05) is 6.61 Å². The van der Waals surface area contributed by atoms with Crippen LogP contribution in [-0.2, 0) is 0 Å². The Labute approximate surface area is 140 Å². The van der Waals surface area contributed by atoms with Crippen molar-refractivity contribution >= 4 is 0 Å². The molecule has 0 saturated heterocycles. The van der Waals surface area contributed by atoms with Crippen LogP contribution in [0.4, 0.5) is 0 Å². The Hall–Kier alpha value is -0.120. The summed E-state index contributed by atoms with van der Waals surface area (Å²) in [7, 11) is 0. The molecule has 2 bridgehead atoms. The fraction of sp³-hybridized carbons (Fsp3) is 1.00. The quantitative estimate of drug-likeness (QED) is 0.747. The van der Waals surface area contributed by atoms with Crippen LogP contribution in [0.1, 0.15) is 77.6 Å². The molecule has 0 aliphatic heterocycles. The first kappa shape index (κ1) is 16.4. The van der Waals surface area contributed by atoms with Gasteiger partial charge in [0.1, 0.15) is 0 Å². The maximum absolute atomic E-state index is 11.4. The first-order valence-electron chi connectivity index (χ1n) is 9.91. The second-order valence-electron chi connectivity index (χ2n) is 9.89. The second kappa shape index (κ2) is 5.44. The fourth-order valence-electron chi connectivity index (χ4n) is 7.41. The van der Waals surface area contributed by atoms with Gasteiger partial charge in [-0.05, 0) is 92.8 Å². The van der Waals surface area contributed by atoms with Crippen molar-refractivity contribution in [3.05, 3.63) is 0 Å². The van der Waals surface area contributed by atoms with Crippen LogP contribution in [0.15, 0.2) is 0 Å². The summed E-state index contributed by atoms with van der Waals surface area (Å²) in [5.41, 5.74) is -0.0722. The molecule has 4 aliphatic rings. The highest BCUT2D eigenvalue weighted by molar-refractivity contribution is 5.16. The van der Waals surface area contributed by atoms with Crippen LogP contribution in [0, 0.1) is 28.6 Å². The van der Waals surface area contributed by atoms with Gasteiger partial charge in [0.15, 0.2) is 0 Å². The van der Waals surface area contributed by atoms with Crippen molar-refractivity contribution in [3.8, 4) is 0 Å². The standard InChI is InChI=1S/C20H34O3/c1-18-6-3-7-20(23,13-18)15-11-19(17(15)16(22)12-18)8-5-14(10-19)4-2-9-21/h14-17,21-23H,2-13H2,1H3. The molecule has 4 saturated carbocycles. The Balaban J connectivity index is 1.55. The van der Waals surface area contributed by atoms with E-state index in [4.69, 9.17) is 5.11 Å². The van der Waals surface area contributed by atoms with E-state index in [-0.39, 0.29) is 11.5 Å². The zero-order valence-corrected chi connectivity index (χ0v) is 14.6. The molecule has 4 fully saturated rings. The zero-order valence-electron chi connectivity index (χ0n) is 14.6. The van der Waals surface area contributed by atoms with Crippen LogP contribution in [-0.4, -0.2) is 33.6 Å². The fourth-order valence-corrected chi connectivity index (χ4v) is 7.41. The van der Waals surface area contributed by atoms with Crippen LogP contribution in [0.2, 0.25) is 0 Å². The molecule has 3 nitrogen and oxygen atoms in total. The molecular weight excluding hydrogens is 288 g/mol. The second-order valence-corrected chi connectivity index (χ2v) is 9.89. The number of hydrogen-bond donors (Lipinski definition) is 3. The van der Waals surface area contributed by atoms with E-state index in [0.29, 0.717) is 23.9 Å². The molecule has 3 N–H and O–H groups in total. The summed E-state index contributed by atoms with van der Waals surface area (Å²) < 4.78 is 0. The molecule has 0 aromatic heterocycles. The highest BCUT2D eigenvalue weighted by atomic mass is 16.3. The molecule has 0 aromatic carbocycles. The van der Waals surface area contributed by atoms with E-state index in [0.717, 1.165) is 57.3 Å². The van der Waals surface area contributed by atoms with E-state index < -0.39 is 5.60 Å². The van der Waals surface area contributed by atoms with Gasteiger partial charge in [-0.2, -0.15) is 0 Å². The monoisotopic (exact) mass is 322 g/mol. The lowest BCUT2D eigenvalue weighted by Crippen LogP contribution is -2.60. The van der Waals surface area contributed by atoms with E-state index in [1.807, 2.05) is 0 Å². The Morgan fingerprint density at radius 2 is 1.91 bits per heavy atom. The van der Waals surface area contributed by atoms with Gasteiger partial charge < -0.3 is 15.3 Å². The van der Waals surface area contributed by atoms with Gasteiger partial charge in [0.2, 0.25) is 0 Å². The van der Waals surface area contributed by atoms with Crippen molar-refractivity contribution in [2.45, 2.75) is 89.3 Å². The van der Waals surface area contributed by atoms with Gasteiger partial charge in [-0.3, -0.25) is 0 Å². The lowest BCUT2D eigenvalue weighted by Gasteiger charge is -2.60. The summed E-state index contributed by atoms with van der Waals surface area (Å²) in [5, 5.41) is 31.5. The SMILES string of the molecule is CC12CCCC(O)(C1)C1CC3(CCC(CCCO)C3)C1C(O)C2. The molecular formula is C20H34O3. The van der Waals surface area contributed by atoms with Gasteiger partial charge in [0.25, 0.3) is 0 Å². The predicted molar refractivity (Wildman–Crippen MR) is 89.8 cm³/mol.